The van der Waals surface area contributed by atoms with Gasteiger partial charge in [0, 0.05) is 24.0 Å². The van der Waals surface area contributed by atoms with Crippen LogP contribution in [0.5, 0.6) is 0 Å². The maximum atomic E-state index is 12.0. The fourth-order valence-electron chi connectivity index (χ4n) is 5.75. The zero-order valence-corrected chi connectivity index (χ0v) is 22.8. The zero-order valence-electron chi connectivity index (χ0n) is 22.8. The van der Waals surface area contributed by atoms with Gasteiger partial charge in [-0.25, -0.2) is 0 Å². The van der Waals surface area contributed by atoms with Crippen LogP contribution in [0.4, 0.5) is 22.0 Å². The molecule has 0 bridgehead atoms. The van der Waals surface area contributed by atoms with E-state index in [1.807, 2.05) is 11.0 Å². The first kappa shape index (κ1) is 33.2. The molecule has 4 rings (SSSR count). The van der Waals surface area contributed by atoms with Gasteiger partial charge in [-0.3, -0.25) is 19.2 Å². The van der Waals surface area contributed by atoms with Gasteiger partial charge in [0.15, 0.2) is 0 Å². The Hall–Kier alpha value is -3.02. The number of piperidine rings is 1. The Labute approximate surface area is 229 Å². The summed E-state index contributed by atoms with van der Waals surface area (Å²) in [7, 11) is 0. The molecule has 4 fully saturated rings. The van der Waals surface area contributed by atoms with E-state index >= 15 is 0 Å². The highest BCUT2D eigenvalue weighted by Gasteiger charge is 2.66. The second-order valence-corrected chi connectivity index (χ2v) is 11.4. The van der Waals surface area contributed by atoms with Crippen molar-refractivity contribution in [1.82, 2.24) is 15.5 Å². The maximum Gasteiger partial charge on any atom is 0.470 e. The Balaban J connectivity index is 0.000000230. The molecule has 1 spiro atoms. The molecule has 4 aliphatic rings. The highest BCUT2D eigenvalue weighted by atomic mass is 19.4. The van der Waals surface area contributed by atoms with Crippen molar-refractivity contribution in [3.05, 3.63) is 0 Å². The van der Waals surface area contributed by atoms with E-state index in [2.05, 4.69) is 41.9 Å². The van der Waals surface area contributed by atoms with Gasteiger partial charge in [0.25, 0.3) is 0 Å². The number of ether oxygens (including phenoxy) is 1. The molecule has 2 heterocycles. The van der Waals surface area contributed by atoms with Gasteiger partial charge in [-0.15, -0.1) is 0 Å². The molecule has 2 aliphatic carbocycles. The van der Waals surface area contributed by atoms with E-state index in [4.69, 9.17) is 10.1 Å². The van der Waals surface area contributed by atoms with Gasteiger partial charge >= 0.3 is 18.7 Å². The average Bonchev–Trinajstić information content (AvgIpc) is 3.58. The molecular weight excluding hydrogens is 545 g/mol. The molecule has 40 heavy (non-hydrogen) atoms. The monoisotopic (exact) mass is 581 g/mol. The van der Waals surface area contributed by atoms with Crippen LogP contribution >= 0.6 is 0 Å². The third kappa shape index (κ3) is 8.49. The molecule has 0 radical (unpaired) electrons. The first-order chi connectivity index (χ1) is 18.4. The van der Waals surface area contributed by atoms with Gasteiger partial charge in [-0.2, -0.15) is 27.2 Å². The Kier molecular flexibility index (Phi) is 10.5. The smallest absolute Gasteiger partial charge is 0.362 e. The summed E-state index contributed by atoms with van der Waals surface area (Å²) in [6.07, 6.45) is -1.72. The number of primary amides is 1. The Bertz CT molecular complexity index is 997. The quantitative estimate of drug-likeness (QED) is 0.295. The van der Waals surface area contributed by atoms with Gasteiger partial charge < -0.3 is 26.0 Å². The molecule has 226 valence electrons. The normalized spacial score (nSPS) is 28.0. The lowest BCUT2D eigenvalue weighted by Crippen LogP contribution is -2.40. The van der Waals surface area contributed by atoms with Gasteiger partial charge in [-0.1, -0.05) is 13.8 Å². The first-order valence-electron chi connectivity index (χ1n) is 12.9. The minimum atomic E-state index is -4.86. The van der Waals surface area contributed by atoms with Crippen LogP contribution in [0.25, 0.3) is 0 Å². The van der Waals surface area contributed by atoms with Crippen molar-refractivity contribution < 1.29 is 45.9 Å². The average molecular weight is 582 g/mol. The molecule has 4 unspecified atom stereocenters. The van der Waals surface area contributed by atoms with Gasteiger partial charge in [0.05, 0.1) is 18.6 Å². The molecule has 0 aromatic heterocycles. The number of amides is 4. The predicted molar refractivity (Wildman–Crippen MR) is 130 cm³/mol. The minimum Gasteiger partial charge on any atom is -0.362 e. The summed E-state index contributed by atoms with van der Waals surface area (Å²) in [5.41, 5.74) is 4.18. The van der Waals surface area contributed by atoms with Gasteiger partial charge in [0.1, 0.15) is 6.04 Å². The van der Waals surface area contributed by atoms with Crippen molar-refractivity contribution in [2.45, 2.75) is 96.3 Å². The highest BCUT2D eigenvalue weighted by molar-refractivity contribution is 5.83. The number of nitriles is 1. The van der Waals surface area contributed by atoms with E-state index in [9.17, 15) is 36.3 Å². The zero-order chi connectivity index (χ0) is 30.6. The van der Waals surface area contributed by atoms with E-state index in [1.165, 1.54) is 6.92 Å². The van der Waals surface area contributed by atoms with Crippen LogP contribution in [0.1, 0.15) is 59.8 Å². The van der Waals surface area contributed by atoms with E-state index in [0.29, 0.717) is 30.1 Å². The number of nitrogens with one attached hydrogen (secondary N) is 2. The summed E-state index contributed by atoms with van der Waals surface area (Å²) in [6, 6.07) is 1.65. The fraction of sp³-hybridized carbons (Fsp3) is 0.800. The second-order valence-electron chi connectivity index (χ2n) is 11.4. The number of carbonyl (C=O) groups excluding carboxylic acids is 4. The lowest BCUT2D eigenvalue weighted by Gasteiger charge is -2.29. The molecular formula is C25H36F5N5O5. The van der Waals surface area contributed by atoms with Crippen molar-refractivity contribution in [2.75, 3.05) is 6.54 Å². The largest absolute Gasteiger partial charge is 0.470 e. The van der Waals surface area contributed by atoms with Crippen molar-refractivity contribution in [3.8, 4) is 6.07 Å². The van der Waals surface area contributed by atoms with Crippen LogP contribution in [0.3, 0.4) is 0 Å². The molecule has 0 aromatic carbocycles. The Morgan fingerprint density at radius 2 is 1.90 bits per heavy atom. The first-order valence-corrected chi connectivity index (χ1v) is 12.9. The molecule has 15 heteroatoms. The second kappa shape index (κ2) is 12.7. The van der Waals surface area contributed by atoms with Crippen molar-refractivity contribution in [3.63, 3.8) is 0 Å². The van der Waals surface area contributed by atoms with Gasteiger partial charge in [0.2, 0.25) is 18.2 Å². The van der Waals surface area contributed by atoms with Crippen molar-refractivity contribution in [1.29, 1.82) is 5.26 Å². The van der Waals surface area contributed by atoms with E-state index in [1.54, 1.807) is 0 Å². The number of nitrogens with zero attached hydrogens (tertiary/aromatic N) is 2. The molecule has 10 nitrogen and oxygen atoms in total. The van der Waals surface area contributed by atoms with Crippen LogP contribution in [0.2, 0.25) is 0 Å². The summed E-state index contributed by atoms with van der Waals surface area (Å²) in [5, 5.41) is 14.1. The lowest BCUT2D eigenvalue weighted by molar-refractivity contribution is -0.169. The molecule has 6 atom stereocenters. The van der Waals surface area contributed by atoms with E-state index < -0.39 is 30.8 Å². The van der Waals surface area contributed by atoms with E-state index in [0.717, 1.165) is 25.8 Å². The van der Waals surface area contributed by atoms with Crippen LogP contribution in [-0.2, 0) is 23.9 Å². The molecule has 0 aromatic rings. The molecule has 2 aliphatic heterocycles. The third-order valence-electron chi connectivity index (χ3n) is 8.14. The lowest BCUT2D eigenvalue weighted by atomic mass is 9.96. The number of hydrogen-bond donors (Lipinski definition) is 3. The molecule has 4 amide bonds. The Morgan fingerprint density at radius 1 is 1.32 bits per heavy atom. The number of rotatable bonds is 8. The fourth-order valence-corrected chi connectivity index (χ4v) is 5.75. The predicted octanol–water partition coefficient (Wildman–Crippen LogP) is 2.22. The van der Waals surface area contributed by atoms with Crippen molar-refractivity contribution in [2.24, 2.45) is 28.9 Å². The van der Waals surface area contributed by atoms with Crippen LogP contribution in [0, 0.1) is 34.5 Å². The molecule has 4 N–H and O–H groups in total. The number of hydrogen-bond acceptors (Lipinski definition) is 6. The number of nitrogens with two attached hydrogens (primary N) is 1. The number of fused-ring (bicyclic) bond motifs is 1. The molecule has 2 saturated carbocycles. The number of carbonyl (C=O) groups is 4. The number of alkyl halides is 5. The highest BCUT2D eigenvalue weighted by Crippen LogP contribution is 2.64. The minimum absolute atomic E-state index is 0.0282. The Morgan fingerprint density at radius 3 is 2.27 bits per heavy atom. The summed E-state index contributed by atoms with van der Waals surface area (Å²) >= 11 is 0. The summed E-state index contributed by atoms with van der Waals surface area (Å²) in [4.78, 5) is 44.7. The number of likely N-dealkylation sites (tertiary alicyclic amines) is 1. The standard InChI is InChI=1S/C13H21F2NO2.C10H13N3O2.C2H2F3NO/c1-7(18-12(14)15)5-10(17)16-6-9-11(8(16)2)13(9,3)4;11-5-8(12-6-14)3-7-4-10(1-2-10)13-9(7)15;3-2(4,5)1(6)7/h7-9,11-12H,5-6H2,1-4H3;6-8H,1-4H2,(H,12,14)(H,13,15);(H2,6,7)/t7-,8-,9?,11?;;/m1../s1. The number of halogens is 5. The third-order valence-corrected chi connectivity index (χ3v) is 8.14. The molecule has 2 saturated heterocycles. The van der Waals surface area contributed by atoms with Crippen LogP contribution in [0.15, 0.2) is 0 Å². The topological polar surface area (TPSA) is 155 Å². The van der Waals surface area contributed by atoms with Gasteiger partial charge in [-0.05, 0) is 56.8 Å². The summed E-state index contributed by atoms with van der Waals surface area (Å²) in [5.74, 6) is -1.29. The SMILES string of the molecule is C[C@H](CC(=O)N1CC2C([C@H]1C)C2(C)C)OC(F)F.N#CC(CC1CC2(CC2)NC1=O)NC=O.NC(=O)C(F)(F)F. The van der Waals surface area contributed by atoms with Crippen LogP contribution in [-0.4, -0.2) is 72.1 Å². The van der Waals surface area contributed by atoms with E-state index in [-0.39, 0.29) is 35.7 Å². The van der Waals surface area contributed by atoms with Crippen LogP contribution < -0.4 is 16.4 Å². The summed E-state index contributed by atoms with van der Waals surface area (Å²) in [6.45, 7) is 5.97. The maximum absolute atomic E-state index is 12.0. The van der Waals surface area contributed by atoms with Crippen molar-refractivity contribution >= 4 is 24.1 Å². The summed E-state index contributed by atoms with van der Waals surface area (Å²) < 4.78 is 60.5.